The van der Waals surface area contributed by atoms with Crippen LogP contribution < -0.4 is 0 Å². The zero-order chi connectivity index (χ0) is 16.2. The lowest BCUT2D eigenvalue weighted by molar-refractivity contribution is -0.114. The summed E-state index contributed by atoms with van der Waals surface area (Å²) in [6.45, 7) is 2.04. The Morgan fingerprint density at radius 1 is 1.22 bits per heavy atom. The van der Waals surface area contributed by atoms with E-state index in [1.165, 1.54) is 16.9 Å². The second-order valence-corrected chi connectivity index (χ2v) is 6.00. The van der Waals surface area contributed by atoms with Gasteiger partial charge in [0.2, 0.25) is 11.6 Å². The molecule has 0 aliphatic carbocycles. The van der Waals surface area contributed by atoms with Gasteiger partial charge in [-0.2, -0.15) is 5.21 Å². The highest BCUT2D eigenvalue weighted by molar-refractivity contribution is 7.09. The maximum absolute atomic E-state index is 11.9. The van der Waals surface area contributed by atoms with Crippen LogP contribution >= 0.6 is 11.3 Å². The number of tetrazole rings is 1. The number of rotatable bonds is 6. The van der Waals surface area contributed by atoms with Crippen LogP contribution in [-0.2, 0) is 17.6 Å². The molecule has 1 N–H and O–H groups in total. The third-order valence-electron chi connectivity index (χ3n) is 3.22. The van der Waals surface area contributed by atoms with Crippen molar-refractivity contribution in [2.24, 2.45) is 0 Å². The van der Waals surface area contributed by atoms with Crippen molar-refractivity contribution < 1.29 is 9.59 Å². The van der Waals surface area contributed by atoms with Gasteiger partial charge in [-0.25, -0.2) is 4.98 Å². The van der Waals surface area contributed by atoms with Crippen molar-refractivity contribution in [1.82, 2.24) is 25.6 Å². The summed E-state index contributed by atoms with van der Waals surface area (Å²) in [4.78, 5) is 28.1. The molecule has 0 amide bonds. The number of nitrogens with zero attached hydrogens (tertiary/aromatic N) is 4. The number of carbonyl (C=O) groups is 2. The van der Waals surface area contributed by atoms with Crippen LogP contribution in [0.1, 0.15) is 32.4 Å². The molecule has 3 rings (SSSR count). The second-order valence-electron chi connectivity index (χ2n) is 5.06. The van der Waals surface area contributed by atoms with Gasteiger partial charge in [-0.3, -0.25) is 9.59 Å². The molecule has 2 heterocycles. The Morgan fingerprint density at radius 3 is 2.70 bits per heavy atom. The van der Waals surface area contributed by atoms with Crippen LogP contribution in [0.3, 0.4) is 0 Å². The lowest BCUT2D eigenvalue weighted by atomic mass is 10.1. The van der Waals surface area contributed by atoms with Crippen LogP contribution in [0.4, 0.5) is 0 Å². The molecule has 0 radical (unpaired) electrons. The minimum Gasteiger partial charge on any atom is -0.290 e. The first-order valence-corrected chi connectivity index (χ1v) is 7.79. The van der Waals surface area contributed by atoms with Crippen molar-refractivity contribution in [2.45, 2.75) is 19.8 Å². The fourth-order valence-electron chi connectivity index (χ4n) is 2.03. The number of Topliss-reactive ketones (excluding diaryl/α,β-unsaturated/α-hetero) is 2. The minimum absolute atomic E-state index is 0.0497. The second kappa shape index (κ2) is 6.57. The summed E-state index contributed by atoms with van der Waals surface area (Å²) in [5.41, 5.74) is 3.24. The number of H-pyrrole nitrogens is 1. The molecular weight excluding hydrogens is 314 g/mol. The number of nitrogens with one attached hydrogen (secondary N) is 1. The van der Waals surface area contributed by atoms with E-state index in [1.54, 1.807) is 0 Å². The largest absolute Gasteiger partial charge is 0.290 e. The normalized spacial score (nSPS) is 10.7. The molecule has 1 aromatic carbocycles. The number of aromatic nitrogens is 5. The monoisotopic (exact) mass is 327 g/mol. The molecule has 116 valence electrons. The van der Waals surface area contributed by atoms with Crippen LogP contribution in [-0.4, -0.2) is 37.2 Å². The van der Waals surface area contributed by atoms with E-state index in [1.807, 2.05) is 12.3 Å². The Morgan fingerprint density at radius 2 is 2.00 bits per heavy atom. The highest BCUT2D eigenvalue weighted by Crippen LogP contribution is 2.15. The number of aryl methyl sites for hydroxylation is 1. The maximum atomic E-state index is 11.9. The van der Waals surface area contributed by atoms with Gasteiger partial charge in [0.15, 0.2) is 0 Å². The van der Waals surface area contributed by atoms with Crippen molar-refractivity contribution in [1.29, 1.82) is 0 Å². The molecule has 0 saturated carbocycles. The van der Waals surface area contributed by atoms with E-state index >= 15 is 0 Å². The molecule has 0 spiro atoms. The van der Waals surface area contributed by atoms with Gasteiger partial charge in [0, 0.05) is 11.8 Å². The fourth-order valence-corrected chi connectivity index (χ4v) is 2.82. The first-order valence-electron chi connectivity index (χ1n) is 6.91. The fraction of sp³-hybridized carbons (Fsp3) is 0.200. The van der Waals surface area contributed by atoms with Crippen LogP contribution in [0, 0.1) is 6.92 Å². The molecule has 0 unspecified atom stereocenters. The predicted molar refractivity (Wildman–Crippen MR) is 83.3 cm³/mol. The molecule has 7 nitrogen and oxygen atoms in total. The predicted octanol–water partition coefficient (Wildman–Crippen LogP) is 1.55. The summed E-state index contributed by atoms with van der Waals surface area (Å²) in [6, 6.07) is 8.21. The molecule has 0 aliphatic rings. The lowest BCUT2D eigenvalue weighted by Gasteiger charge is -1.99. The van der Waals surface area contributed by atoms with E-state index in [0.717, 1.165) is 11.3 Å². The van der Waals surface area contributed by atoms with E-state index < -0.39 is 11.6 Å². The molecule has 8 heteroatoms. The van der Waals surface area contributed by atoms with Gasteiger partial charge in [-0.1, -0.05) is 29.8 Å². The molecular formula is C15H13N5O2S. The highest BCUT2D eigenvalue weighted by atomic mass is 32.1. The minimum atomic E-state index is -0.756. The van der Waals surface area contributed by atoms with E-state index in [2.05, 4.69) is 49.9 Å². The molecule has 0 aliphatic heterocycles. The third-order valence-corrected chi connectivity index (χ3v) is 4.12. The summed E-state index contributed by atoms with van der Waals surface area (Å²) in [5, 5.41) is 15.0. The van der Waals surface area contributed by atoms with Gasteiger partial charge in [0.05, 0.1) is 12.1 Å². The van der Waals surface area contributed by atoms with E-state index in [-0.39, 0.29) is 12.2 Å². The number of hydrogen-bond donors (Lipinski definition) is 1. The number of aromatic amines is 1. The maximum Gasteiger partial charge on any atom is 0.269 e. The summed E-state index contributed by atoms with van der Waals surface area (Å²) in [5.74, 6) is -1.57. The summed E-state index contributed by atoms with van der Waals surface area (Å²) < 4.78 is 0. The first kappa shape index (κ1) is 15.2. The molecule has 3 aromatic rings. The van der Waals surface area contributed by atoms with Gasteiger partial charge >= 0.3 is 0 Å². The Hall–Kier alpha value is -2.74. The van der Waals surface area contributed by atoms with Crippen molar-refractivity contribution in [3.63, 3.8) is 0 Å². The zero-order valence-electron chi connectivity index (χ0n) is 12.3. The third kappa shape index (κ3) is 3.72. The average Bonchev–Trinajstić information content (AvgIpc) is 3.21. The molecule has 0 saturated heterocycles. The van der Waals surface area contributed by atoms with E-state index in [9.17, 15) is 9.59 Å². The quantitative estimate of drug-likeness (QED) is 0.544. The van der Waals surface area contributed by atoms with E-state index in [0.29, 0.717) is 11.4 Å². The first-order chi connectivity index (χ1) is 11.1. The molecule has 2 aromatic heterocycles. The van der Waals surface area contributed by atoms with Crippen LogP contribution in [0.2, 0.25) is 0 Å². The van der Waals surface area contributed by atoms with Crippen LogP contribution in [0.15, 0.2) is 29.6 Å². The molecule has 0 fully saturated rings. The summed E-state index contributed by atoms with van der Waals surface area (Å²) in [7, 11) is 0. The van der Waals surface area contributed by atoms with Gasteiger partial charge in [0.25, 0.3) is 5.78 Å². The summed E-state index contributed by atoms with van der Waals surface area (Å²) in [6.07, 6.45) is 0.649. The van der Waals surface area contributed by atoms with Crippen LogP contribution in [0.5, 0.6) is 0 Å². The molecule has 0 atom stereocenters. The Labute approximate surface area is 135 Å². The van der Waals surface area contributed by atoms with Crippen molar-refractivity contribution in [2.75, 3.05) is 0 Å². The highest BCUT2D eigenvalue weighted by Gasteiger charge is 2.21. The Kier molecular flexibility index (Phi) is 4.33. The zero-order valence-corrected chi connectivity index (χ0v) is 13.1. The van der Waals surface area contributed by atoms with Gasteiger partial charge < -0.3 is 0 Å². The van der Waals surface area contributed by atoms with E-state index in [4.69, 9.17) is 0 Å². The average molecular weight is 327 g/mol. The lowest BCUT2D eigenvalue weighted by Crippen LogP contribution is -2.18. The van der Waals surface area contributed by atoms with Crippen LogP contribution in [0.25, 0.3) is 0 Å². The molecule has 23 heavy (non-hydrogen) atoms. The topological polar surface area (TPSA) is 101 Å². The standard InChI is InChI=1S/C15H13N5O2S/c1-9-2-4-10(5-3-9)6-11-8-23-13(16-11)7-12(21)14(22)15-17-19-20-18-15/h2-5,8H,6-7H2,1H3,(H,17,18,19,20). The summed E-state index contributed by atoms with van der Waals surface area (Å²) >= 11 is 1.37. The Bertz CT molecular complexity index is 824. The number of benzene rings is 1. The Balaban J connectivity index is 1.64. The van der Waals surface area contributed by atoms with Crippen molar-refractivity contribution in [3.8, 4) is 0 Å². The number of carbonyl (C=O) groups excluding carboxylic acids is 2. The molecule has 0 bridgehead atoms. The number of ketones is 2. The van der Waals surface area contributed by atoms with Gasteiger partial charge in [0.1, 0.15) is 5.01 Å². The number of hydrogen-bond acceptors (Lipinski definition) is 7. The van der Waals surface area contributed by atoms with Crippen molar-refractivity contribution in [3.05, 3.63) is 57.3 Å². The van der Waals surface area contributed by atoms with Crippen molar-refractivity contribution >= 4 is 22.9 Å². The van der Waals surface area contributed by atoms with Gasteiger partial charge in [-0.15, -0.1) is 21.5 Å². The SMILES string of the molecule is Cc1ccc(Cc2csc(CC(=O)C(=O)c3nn[nH]n3)n2)cc1. The number of thiazole rings is 1. The van der Waals surface area contributed by atoms with Gasteiger partial charge in [-0.05, 0) is 17.7 Å². The smallest absolute Gasteiger partial charge is 0.269 e.